The summed E-state index contributed by atoms with van der Waals surface area (Å²) in [6, 6.07) is 4.32. The van der Waals surface area contributed by atoms with Crippen LogP contribution in [0, 0.1) is 5.82 Å². The molecular weight excluding hydrogens is 297 g/mol. The summed E-state index contributed by atoms with van der Waals surface area (Å²) in [5, 5.41) is 13.0. The average Bonchev–Trinajstić information content (AvgIpc) is 2.45. The largest absolute Gasteiger partial charge is 0.388 e. The fourth-order valence-electron chi connectivity index (χ4n) is 2.07. The Morgan fingerprint density at radius 3 is 2.86 bits per heavy atom. The van der Waals surface area contributed by atoms with Crippen LogP contribution in [0.4, 0.5) is 4.39 Å². The monoisotopic (exact) mass is 313 g/mol. The van der Waals surface area contributed by atoms with Crippen molar-refractivity contribution in [2.45, 2.75) is 18.4 Å². The number of nitrogens with one attached hydrogen (secondary N) is 1. The first-order chi connectivity index (χ1) is 10.0. The lowest BCUT2D eigenvalue weighted by Gasteiger charge is -2.31. The zero-order chi connectivity index (χ0) is 15.3. The Kier molecular flexibility index (Phi) is 5.33. The minimum Gasteiger partial charge on any atom is -0.388 e. The molecule has 114 valence electrons. The molecule has 21 heavy (non-hydrogen) atoms. The smallest absolute Gasteiger partial charge is 0.244 e. The van der Waals surface area contributed by atoms with Gasteiger partial charge in [-0.15, -0.1) is 0 Å². The Morgan fingerprint density at radius 1 is 1.48 bits per heavy atom. The van der Waals surface area contributed by atoms with Gasteiger partial charge in [0.25, 0.3) is 0 Å². The van der Waals surface area contributed by atoms with E-state index in [4.69, 9.17) is 16.3 Å². The van der Waals surface area contributed by atoms with Gasteiger partial charge < -0.3 is 15.2 Å². The highest BCUT2D eigenvalue weighted by Gasteiger charge is 2.29. The molecule has 6 heteroatoms. The first kappa shape index (κ1) is 15.9. The Bertz CT molecular complexity index is 521. The maximum atomic E-state index is 13.5. The molecule has 0 saturated carbocycles. The van der Waals surface area contributed by atoms with Crippen LogP contribution in [-0.2, 0) is 9.53 Å². The van der Waals surface area contributed by atoms with Crippen molar-refractivity contribution in [3.8, 4) is 0 Å². The third kappa shape index (κ3) is 4.52. The van der Waals surface area contributed by atoms with Crippen molar-refractivity contribution < 1.29 is 19.0 Å². The van der Waals surface area contributed by atoms with E-state index in [2.05, 4.69) is 5.32 Å². The number of hydrogen-bond donors (Lipinski definition) is 2. The number of amides is 1. The molecule has 0 radical (unpaired) electrons. The van der Waals surface area contributed by atoms with Crippen LogP contribution in [0.2, 0.25) is 5.02 Å². The lowest BCUT2D eigenvalue weighted by molar-refractivity contribution is -0.119. The number of ether oxygens (including phenoxy) is 1. The summed E-state index contributed by atoms with van der Waals surface area (Å²) in [4.78, 5) is 11.7. The first-order valence-electron chi connectivity index (χ1n) is 6.70. The first-order valence-corrected chi connectivity index (χ1v) is 7.08. The van der Waals surface area contributed by atoms with Gasteiger partial charge in [-0.1, -0.05) is 17.7 Å². The van der Waals surface area contributed by atoms with Crippen LogP contribution in [0.25, 0.3) is 6.08 Å². The quantitative estimate of drug-likeness (QED) is 0.837. The van der Waals surface area contributed by atoms with Crippen molar-refractivity contribution in [2.75, 3.05) is 19.8 Å². The van der Waals surface area contributed by atoms with Gasteiger partial charge >= 0.3 is 0 Å². The Morgan fingerprint density at radius 2 is 2.19 bits per heavy atom. The van der Waals surface area contributed by atoms with E-state index in [-0.39, 0.29) is 17.1 Å². The highest BCUT2D eigenvalue weighted by molar-refractivity contribution is 6.32. The van der Waals surface area contributed by atoms with Gasteiger partial charge in [0.1, 0.15) is 5.82 Å². The van der Waals surface area contributed by atoms with E-state index in [1.165, 1.54) is 24.3 Å². The van der Waals surface area contributed by atoms with Gasteiger partial charge in [0.15, 0.2) is 0 Å². The van der Waals surface area contributed by atoms with Crippen LogP contribution in [0.15, 0.2) is 24.3 Å². The molecule has 0 unspecified atom stereocenters. The van der Waals surface area contributed by atoms with Gasteiger partial charge in [-0.05, 0) is 18.2 Å². The predicted octanol–water partition coefficient (Wildman–Crippen LogP) is 2.15. The highest BCUT2D eigenvalue weighted by atomic mass is 35.5. The minimum absolute atomic E-state index is 0.143. The van der Waals surface area contributed by atoms with Gasteiger partial charge in [-0.3, -0.25) is 4.79 Å². The van der Waals surface area contributed by atoms with Crippen LogP contribution in [-0.4, -0.2) is 36.4 Å². The molecular formula is C15H17ClFNO3. The number of carbonyl (C=O) groups is 1. The lowest BCUT2D eigenvalue weighted by Crippen LogP contribution is -2.46. The zero-order valence-electron chi connectivity index (χ0n) is 11.4. The predicted molar refractivity (Wildman–Crippen MR) is 78.5 cm³/mol. The van der Waals surface area contributed by atoms with Crippen molar-refractivity contribution in [3.63, 3.8) is 0 Å². The van der Waals surface area contributed by atoms with E-state index in [1.807, 2.05) is 0 Å². The maximum Gasteiger partial charge on any atom is 0.244 e. The molecule has 1 heterocycles. The van der Waals surface area contributed by atoms with E-state index in [0.29, 0.717) is 26.1 Å². The Labute approximate surface area is 127 Å². The number of carbonyl (C=O) groups excluding carboxylic acids is 1. The summed E-state index contributed by atoms with van der Waals surface area (Å²) in [6.45, 7) is 1.10. The van der Waals surface area contributed by atoms with Crippen molar-refractivity contribution in [1.82, 2.24) is 5.32 Å². The second-order valence-corrected chi connectivity index (χ2v) is 5.43. The van der Waals surface area contributed by atoms with E-state index < -0.39 is 17.3 Å². The van der Waals surface area contributed by atoms with Crippen LogP contribution in [0.5, 0.6) is 0 Å². The van der Waals surface area contributed by atoms with E-state index in [0.717, 1.165) is 0 Å². The van der Waals surface area contributed by atoms with Gasteiger partial charge in [0.2, 0.25) is 5.91 Å². The van der Waals surface area contributed by atoms with Crippen LogP contribution in [0.3, 0.4) is 0 Å². The second kappa shape index (κ2) is 7.02. The molecule has 0 bridgehead atoms. The normalized spacial score (nSPS) is 17.9. The molecule has 1 aliphatic heterocycles. The molecule has 1 aliphatic rings. The van der Waals surface area contributed by atoms with E-state index in [9.17, 15) is 14.3 Å². The molecule has 2 rings (SSSR count). The molecule has 4 nitrogen and oxygen atoms in total. The SMILES string of the molecule is O=C(/C=C/c1c(F)cccc1Cl)NCC1(O)CCOCC1. The number of aliphatic hydroxyl groups is 1. The highest BCUT2D eigenvalue weighted by Crippen LogP contribution is 2.21. The van der Waals surface area contributed by atoms with E-state index >= 15 is 0 Å². The summed E-state index contributed by atoms with van der Waals surface area (Å²) in [7, 11) is 0. The molecule has 1 saturated heterocycles. The average molecular weight is 314 g/mol. The molecule has 1 aromatic rings. The third-order valence-corrected chi connectivity index (χ3v) is 3.75. The number of halogens is 2. The molecule has 1 fully saturated rings. The van der Waals surface area contributed by atoms with Gasteiger partial charge in [-0.25, -0.2) is 4.39 Å². The molecule has 0 aliphatic carbocycles. The zero-order valence-corrected chi connectivity index (χ0v) is 12.2. The van der Waals surface area contributed by atoms with Crippen LogP contribution >= 0.6 is 11.6 Å². The lowest BCUT2D eigenvalue weighted by atomic mass is 9.94. The Hall–Kier alpha value is -1.43. The molecule has 1 aromatic carbocycles. The fraction of sp³-hybridized carbons (Fsp3) is 0.400. The third-order valence-electron chi connectivity index (χ3n) is 3.42. The number of rotatable bonds is 4. The summed E-state index contributed by atoms with van der Waals surface area (Å²) >= 11 is 5.86. The Balaban J connectivity index is 1.91. The summed E-state index contributed by atoms with van der Waals surface area (Å²) in [6.07, 6.45) is 3.49. The van der Waals surface area contributed by atoms with Gasteiger partial charge in [0, 0.05) is 44.2 Å². The molecule has 0 atom stereocenters. The van der Waals surface area contributed by atoms with Crippen molar-refractivity contribution in [3.05, 3.63) is 40.7 Å². The van der Waals surface area contributed by atoms with Crippen LogP contribution < -0.4 is 5.32 Å². The summed E-state index contributed by atoms with van der Waals surface area (Å²) < 4.78 is 18.7. The minimum atomic E-state index is -0.933. The van der Waals surface area contributed by atoms with Crippen molar-refractivity contribution in [1.29, 1.82) is 0 Å². The van der Waals surface area contributed by atoms with Gasteiger partial charge in [0.05, 0.1) is 10.6 Å². The summed E-state index contributed by atoms with van der Waals surface area (Å²) in [5.74, 6) is -0.899. The maximum absolute atomic E-state index is 13.5. The standard InChI is InChI=1S/C15H17ClFNO3/c16-12-2-1-3-13(17)11(12)4-5-14(19)18-10-15(20)6-8-21-9-7-15/h1-5,20H,6-10H2,(H,18,19)/b5-4+. The second-order valence-electron chi connectivity index (χ2n) is 5.02. The molecule has 1 amide bonds. The molecule has 0 aromatic heterocycles. The van der Waals surface area contributed by atoms with Crippen LogP contribution in [0.1, 0.15) is 18.4 Å². The molecule has 0 spiro atoms. The van der Waals surface area contributed by atoms with Crippen molar-refractivity contribution in [2.24, 2.45) is 0 Å². The number of hydrogen-bond acceptors (Lipinski definition) is 3. The fourth-order valence-corrected chi connectivity index (χ4v) is 2.29. The topological polar surface area (TPSA) is 58.6 Å². The van der Waals surface area contributed by atoms with Gasteiger partial charge in [-0.2, -0.15) is 0 Å². The van der Waals surface area contributed by atoms with E-state index in [1.54, 1.807) is 6.07 Å². The summed E-state index contributed by atoms with van der Waals surface area (Å²) in [5.41, 5.74) is -0.767. The van der Waals surface area contributed by atoms with Crippen molar-refractivity contribution >= 4 is 23.6 Å². The molecule has 2 N–H and O–H groups in total. The number of benzene rings is 1.